The van der Waals surface area contributed by atoms with Gasteiger partial charge in [-0.25, -0.2) is 4.68 Å². The van der Waals surface area contributed by atoms with Gasteiger partial charge in [-0.1, -0.05) is 0 Å². The van der Waals surface area contributed by atoms with E-state index >= 15 is 0 Å². The second-order valence-electron chi connectivity index (χ2n) is 5.35. The van der Waals surface area contributed by atoms with Crippen LogP contribution in [0.15, 0.2) is 15.5 Å². The molecule has 2 heterocycles. The van der Waals surface area contributed by atoms with Crippen molar-refractivity contribution >= 4 is 21.6 Å². The van der Waals surface area contributed by atoms with Gasteiger partial charge in [-0.3, -0.25) is 4.79 Å². The Morgan fingerprint density at radius 1 is 1.47 bits per heavy atom. The van der Waals surface area contributed by atoms with Crippen molar-refractivity contribution in [3.63, 3.8) is 0 Å². The molecular formula is C13H21BrN4O. The molecule has 0 bridgehead atoms. The van der Waals surface area contributed by atoms with E-state index in [1.54, 1.807) is 6.20 Å². The van der Waals surface area contributed by atoms with Crippen LogP contribution in [0.2, 0.25) is 0 Å². The summed E-state index contributed by atoms with van der Waals surface area (Å²) in [6.45, 7) is 6.53. The Labute approximate surface area is 121 Å². The van der Waals surface area contributed by atoms with Crippen molar-refractivity contribution in [3.8, 4) is 0 Å². The SMILES string of the molecule is CC(C)n1ncc(N2CCC(CN)CC2)c(Br)c1=O. The smallest absolute Gasteiger partial charge is 0.283 e. The van der Waals surface area contributed by atoms with Crippen molar-refractivity contribution in [2.75, 3.05) is 24.5 Å². The van der Waals surface area contributed by atoms with E-state index in [1.165, 1.54) is 4.68 Å². The maximum atomic E-state index is 12.2. The molecule has 2 N–H and O–H groups in total. The first-order valence-corrected chi connectivity index (χ1v) is 7.56. The Balaban J connectivity index is 2.23. The van der Waals surface area contributed by atoms with Gasteiger partial charge in [0, 0.05) is 13.1 Å². The number of halogens is 1. The molecule has 6 heteroatoms. The van der Waals surface area contributed by atoms with Crippen molar-refractivity contribution in [1.29, 1.82) is 0 Å². The lowest BCUT2D eigenvalue weighted by Gasteiger charge is -2.33. The van der Waals surface area contributed by atoms with Crippen LogP contribution in [0.5, 0.6) is 0 Å². The van der Waals surface area contributed by atoms with Gasteiger partial charge < -0.3 is 10.6 Å². The summed E-state index contributed by atoms with van der Waals surface area (Å²) in [7, 11) is 0. The summed E-state index contributed by atoms with van der Waals surface area (Å²) in [5.41, 5.74) is 6.54. The van der Waals surface area contributed by atoms with Crippen LogP contribution in [-0.2, 0) is 0 Å². The molecular weight excluding hydrogens is 308 g/mol. The lowest BCUT2D eigenvalue weighted by molar-refractivity contribution is 0.413. The first-order valence-electron chi connectivity index (χ1n) is 6.77. The first kappa shape index (κ1) is 14.5. The Morgan fingerprint density at radius 2 is 2.11 bits per heavy atom. The monoisotopic (exact) mass is 328 g/mol. The number of nitrogens with zero attached hydrogens (tertiary/aromatic N) is 3. The average Bonchev–Trinajstić information content (AvgIpc) is 2.41. The van der Waals surface area contributed by atoms with Gasteiger partial charge in [0.25, 0.3) is 5.56 Å². The number of aromatic nitrogens is 2. The molecule has 1 aromatic heterocycles. The van der Waals surface area contributed by atoms with Gasteiger partial charge in [-0.2, -0.15) is 5.10 Å². The minimum atomic E-state index is -0.0616. The van der Waals surface area contributed by atoms with Crippen molar-refractivity contribution < 1.29 is 0 Å². The zero-order valence-electron chi connectivity index (χ0n) is 11.5. The molecule has 0 aromatic carbocycles. The third-order valence-corrected chi connectivity index (χ3v) is 4.45. The fourth-order valence-corrected chi connectivity index (χ4v) is 2.97. The van der Waals surface area contributed by atoms with Crippen LogP contribution >= 0.6 is 15.9 Å². The van der Waals surface area contributed by atoms with E-state index in [0.29, 0.717) is 10.4 Å². The highest BCUT2D eigenvalue weighted by atomic mass is 79.9. The van der Waals surface area contributed by atoms with E-state index in [9.17, 15) is 4.79 Å². The Bertz CT molecular complexity index is 492. The van der Waals surface area contributed by atoms with Gasteiger partial charge in [-0.05, 0) is 55.1 Å². The van der Waals surface area contributed by atoms with Crippen molar-refractivity contribution in [2.24, 2.45) is 11.7 Å². The van der Waals surface area contributed by atoms with E-state index in [4.69, 9.17) is 5.73 Å². The van der Waals surface area contributed by atoms with Gasteiger partial charge in [0.2, 0.25) is 0 Å². The van der Waals surface area contributed by atoms with Crippen molar-refractivity contribution in [2.45, 2.75) is 32.7 Å². The Hall–Kier alpha value is -0.880. The van der Waals surface area contributed by atoms with E-state index < -0.39 is 0 Å². The van der Waals surface area contributed by atoms with Gasteiger partial charge in [-0.15, -0.1) is 0 Å². The maximum Gasteiger partial charge on any atom is 0.283 e. The molecule has 1 saturated heterocycles. The van der Waals surface area contributed by atoms with E-state index in [1.807, 2.05) is 13.8 Å². The second kappa shape index (κ2) is 6.05. The summed E-state index contributed by atoms with van der Waals surface area (Å²) < 4.78 is 2.11. The molecule has 0 aliphatic carbocycles. The molecule has 1 aliphatic rings. The number of hydrogen-bond donors (Lipinski definition) is 1. The highest BCUT2D eigenvalue weighted by Crippen LogP contribution is 2.26. The first-order chi connectivity index (χ1) is 9.04. The molecule has 0 amide bonds. The van der Waals surface area contributed by atoms with Crippen molar-refractivity contribution in [3.05, 3.63) is 21.0 Å². The Kier molecular flexibility index (Phi) is 4.62. The third kappa shape index (κ3) is 3.00. The molecule has 0 atom stereocenters. The largest absolute Gasteiger partial charge is 0.369 e. The molecule has 2 rings (SSSR count). The minimum Gasteiger partial charge on any atom is -0.369 e. The van der Waals surface area contributed by atoms with Crippen LogP contribution in [0.3, 0.4) is 0 Å². The number of piperidine rings is 1. The summed E-state index contributed by atoms with van der Waals surface area (Å²) >= 11 is 3.43. The van der Waals surface area contributed by atoms with Crippen LogP contribution < -0.4 is 16.2 Å². The summed E-state index contributed by atoms with van der Waals surface area (Å²) in [6, 6.07) is 0.0702. The number of rotatable bonds is 3. The van der Waals surface area contributed by atoms with Gasteiger partial charge in [0.15, 0.2) is 0 Å². The molecule has 1 fully saturated rings. The molecule has 5 nitrogen and oxygen atoms in total. The van der Waals surface area contributed by atoms with Crippen LogP contribution in [0.25, 0.3) is 0 Å². The lowest BCUT2D eigenvalue weighted by Crippen LogP contribution is -2.38. The predicted octanol–water partition coefficient (Wildman–Crippen LogP) is 1.76. The van der Waals surface area contributed by atoms with Gasteiger partial charge >= 0.3 is 0 Å². The van der Waals surface area contributed by atoms with Crippen LogP contribution in [0.1, 0.15) is 32.7 Å². The quantitative estimate of drug-likeness (QED) is 0.918. The summed E-state index contributed by atoms with van der Waals surface area (Å²) in [4.78, 5) is 14.4. The molecule has 0 spiro atoms. The summed E-state index contributed by atoms with van der Waals surface area (Å²) in [5.74, 6) is 0.610. The predicted molar refractivity (Wildman–Crippen MR) is 80.6 cm³/mol. The van der Waals surface area contributed by atoms with Crippen LogP contribution in [-0.4, -0.2) is 29.4 Å². The number of nitrogens with two attached hydrogens (primary N) is 1. The highest BCUT2D eigenvalue weighted by molar-refractivity contribution is 9.10. The molecule has 1 aromatic rings. The zero-order chi connectivity index (χ0) is 14.0. The molecule has 1 aliphatic heterocycles. The third-order valence-electron chi connectivity index (χ3n) is 3.70. The van der Waals surface area contributed by atoms with Crippen LogP contribution in [0.4, 0.5) is 5.69 Å². The lowest BCUT2D eigenvalue weighted by atomic mass is 9.97. The standard InChI is InChI=1S/C13H21BrN4O/c1-9(2)18-13(19)12(14)11(8-16-18)17-5-3-10(7-15)4-6-17/h8-10H,3-7,15H2,1-2H3. The van der Waals surface area contributed by atoms with Crippen molar-refractivity contribution in [1.82, 2.24) is 9.78 Å². The van der Waals surface area contributed by atoms with Gasteiger partial charge in [0.1, 0.15) is 4.47 Å². The highest BCUT2D eigenvalue weighted by Gasteiger charge is 2.22. The minimum absolute atomic E-state index is 0.0616. The fourth-order valence-electron chi connectivity index (χ4n) is 2.43. The molecule has 0 radical (unpaired) electrons. The summed E-state index contributed by atoms with van der Waals surface area (Å²) in [5, 5.41) is 4.26. The Morgan fingerprint density at radius 3 is 2.63 bits per heavy atom. The van der Waals surface area contributed by atoms with Gasteiger partial charge in [0.05, 0.1) is 17.9 Å². The topological polar surface area (TPSA) is 64.2 Å². The molecule has 19 heavy (non-hydrogen) atoms. The molecule has 0 saturated carbocycles. The summed E-state index contributed by atoms with van der Waals surface area (Å²) in [6.07, 6.45) is 3.95. The normalized spacial score (nSPS) is 17.2. The van der Waals surface area contributed by atoms with E-state index in [-0.39, 0.29) is 11.6 Å². The fraction of sp³-hybridized carbons (Fsp3) is 0.692. The molecule has 0 unspecified atom stereocenters. The van der Waals surface area contributed by atoms with E-state index in [2.05, 4.69) is 25.9 Å². The number of hydrogen-bond acceptors (Lipinski definition) is 4. The van der Waals surface area contributed by atoms with E-state index in [0.717, 1.165) is 38.2 Å². The number of anilines is 1. The van der Waals surface area contributed by atoms with Crippen LogP contribution in [0, 0.1) is 5.92 Å². The molecule has 106 valence electrons. The maximum absolute atomic E-state index is 12.2. The zero-order valence-corrected chi connectivity index (χ0v) is 13.1. The average molecular weight is 329 g/mol. The second-order valence-corrected chi connectivity index (χ2v) is 6.15.